The van der Waals surface area contributed by atoms with E-state index in [0.29, 0.717) is 6.04 Å². The SMILES string of the molecule is Cc1c(N)cccc1N1CCCC1c1ccccc1. The first-order valence-corrected chi connectivity index (χ1v) is 6.94. The largest absolute Gasteiger partial charge is 0.398 e. The Hall–Kier alpha value is -1.96. The minimum atomic E-state index is 0.488. The second-order valence-corrected chi connectivity index (χ2v) is 5.25. The lowest BCUT2D eigenvalue weighted by Gasteiger charge is -2.29. The quantitative estimate of drug-likeness (QED) is 0.821. The molecule has 1 heterocycles. The third-order valence-electron chi connectivity index (χ3n) is 4.09. The second kappa shape index (κ2) is 4.96. The van der Waals surface area contributed by atoms with Crippen LogP contribution in [0.5, 0.6) is 0 Å². The van der Waals surface area contributed by atoms with Gasteiger partial charge in [0, 0.05) is 17.9 Å². The number of rotatable bonds is 2. The van der Waals surface area contributed by atoms with Gasteiger partial charge in [-0.05, 0) is 43.0 Å². The molecule has 0 aliphatic carbocycles. The molecule has 1 unspecified atom stereocenters. The van der Waals surface area contributed by atoms with Crippen LogP contribution >= 0.6 is 0 Å². The summed E-state index contributed by atoms with van der Waals surface area (Å²) in [5.41, 5.74) is 10.8. The monoisotopic (exact) mass is 252 g/mol. The number of nitrogens with two attached hydrogens (primary N) is 1. The first-order chi connectivity index (χ1) is 9.27. The molecule has 0 spiro atoms. The average molecular weight is 252 g/mol. The fourth-order valence-corrected chi connectivity index (χ4v) is 3.03. The van der Waals surface area contributed by atoms with Crippen LogP contribution in [0.15, 0.2) is 48.5 Å². The van der Waals surface area contributed by atoms with Gasteiger partial charge in [0.05, 0.1) is 6.04 Å². The van der Waals surface area contributed by atoms with Gasteiger partial charge in [-0.1, -0.05) is 36.4 Å². The van der Waals surface area contributed by atoms with Crippen LogP contribution in [-0.2, 0) is 0 Å². The molecule has 2 heteroatoms. The van der Waals surface area contributed by atoms with Gasteiger partial charge in [-0.15, -0.1) is 0 Å². The maximum atomic E-state index is 6.05. The van der Waals surface area contributed by atoms with Crippen LogP contribution in [0.4, 0.5) is 11.4 Å². The molecule has 19 heavy (non-hydrogen) atoms. The molecule has 1 atom stereocenters. The van der Waals surface area contributed by atoms with Gasteiger partial charge in [-0.2, -0.15) is 0 Å². The van der Waals surface area contributed by atoms with Crippen LogP contribution in [-0.4, -0.2) is 6.54 Å². The van der Waals surface area contributed by atoms with E-state index in [0.717, 1.165) is 12.2 Å². The Morgan fingerprint density at radius 3 is 2.63 bits per heavy atom. The zero-order valence-corrected chi connectivity index (χ0v) is 11.3. The van der Waals surface area contributed by atoms with Gasteiger partial charge in [0.1, 0.15) is 0 Å². The maximum Gasteiger partial charge on any atom is 0.0543 e. The molecular formula is C17H20N2. The van der Waals surface area contributed by atoms with E-state index in [1.807, 2.05) is 6.07 Å². The van der Waals surface area contributed by atoms with Crippen molar-refractivity contribution in [1.29, 1.82) is 0 Å². The molecule has 1 aliphatic rings. The highest BCUT2D eigenvalue weighted by molar-refractivity contribution is 5.65. The summed E-state index contributed by atoms with van der Waals surface area (Å²) in [4.78, 5) is 2.50. The molecule has 1 aliphatic heterocycles. The van der Waals surface area contributed by atoms with Crippen LogP contribution in [0, 0.1) is 6.92 Å². The Balaban J connectivity index is 1.98. The normalized spacial score (nSPS) is 18.8. The Labute approximate surface area is 114 Å². The van der Waals surface area contributed by atoms with Crippen molar-refractivity contribution in [2.24, 2.45) is 0 Å². The Kier molecular flexibility index (Phi) is 3.16. The van der Waals surface area contributed by atoms with Gasteiger partial charge in [-0.25, -0.2) is 0 Å². The minimum Gasteiger partial charge on any atom is -0.398 e. The molecule has 3 rings (SSSR count). The smallest absolute Gasteiger partial charge is 0.0543 e. The Morgan fingerprint density at radius 2 is 1.84 bits per heavy atom. The van der Waals surface area contributed by atoms with Gasteiger partial charge in [0.15, 0.2) is 0 Å². The molecule has 2 nitrogen and oxygen atoms in total. The molecule has 0 amide bonds. The highest BCUT2D eigenvalue weighted by atomic mass is 15.2. The van der Waals surface area contributed by atoms with Gasteiger partial charge in [0.2, 0.25) is 0 Å². The van der Waals surface area contributed by atoms with E-state index in [4.69, 9.17) is 5.73 Å². The van der Waals surface area contributed by atoms with Crippen molar-refractivity contribution in [1.82, 2.24) is 0 Å². The molecule has 0 radical (unpaired) electrons. The lowest BCUT2D eigenvalue weighted by molar-refractivity contribution is 0.718. The molecule has 2 N–H and O–H groups in total. The molecule has 1 saturated heterocycles. The highest BCUT2D eigenvalue weighted by Crippen LogP contribution is 2.38. The lowest BCUT2D eigenvalue weighted by Crippen LogP contribution is -2.23. The predicted octanol–water partition coefficient (Wildman–Crippen LogP) is 3.92. The predicted molar refractivity (Wildman–Crippen MR) is 81.4 cm³/mol. The first-order valence-electron chi connectivity index (χ1n) is 6.94. The van der Waals surface area contributed by atoms with Gasteiger partial charge in [-0.3, -0.25) is 0 Å². The van der Waals surface area contributed by atoms with Crippen molar-refractivity contribution < 1.29 is 0 Å². The van der Waals surface area contributed by atoms with Crippen LogP contribution in [0.25, 0.3) is 0 Å². The van der Waals surface area contributed by atoms with Crippen molar-refractivity contribution in [3.05, 3.63) is 59.7 Å². The number of anilines is 2. The standard InChI is InChI=1S/C17H20N2/c1-13-15(18)9-5-10-16(13)19-12-6-11-17(19)14-7-3-2-4-8-14/h2-5,7-10,17H,6,11-12,18H2,1H3. The molecule has 98 valence electrons. The van der Waals surface area contributed by atoms with Crippen LogP contribution in [0.2, 0.25) is 0 Å². The molecule has 2 aromatic carbocycles. The van der Waals surface area contributed by atoms with E-state index in [9.17, 15) is 0 Å². The van der Waals surface area contributed by atoms with E-state index >= 15 is 0 Å². The fraction of sp³-hybridized carbons (Fsp3) is 0.294. The third kappa shape index (κ3) is 2.19. The van der Waals surface area contributed by atoms with Crippen molar-refractivity contribution in [3.8, 4) is 0 Å². The average Bonchev–Trinajstić information content (AvgIpc) is 2.92. The first kappa shape index (κ1) is 12.1. The van der Waals surface area contributed by atoms with Crippen LogP contribution in [0.3, 0.4) is 0 Å². The van der Waals surface area contributed by atoms with Gasteiger partial charge in [0.25, 0.3) is 0 Å². The summed E-state index contributed by atoms with van der Waals surface area (Å²) in [6.07, 6.45) is 2.46. The summed E-state index contributed by atoms with van der Waals surface area (Å²) < 4.78 is 0. The Morgan fingerprint density at radius 1 is 1.05 bits per heavy atom. The zero-order chi connectivity index (χ0) is 13.2. The van der Waals surface area contributed by atoms with Crippen molar-refractivity contribution in [2.75, 3.05) is 17.2 Å². The zero-order valence-electron chi connectivity index (χ0n) is 11.3. The third-order valence-corrected chi connectivity index (χ3v) is 4.09. The summed E-state index contributed by atoms with van der Waals surface area (Å²) in [5, 5.41) is 0. The number of nitrogens with zero attached hydrogens (tertiary/aromatic N) is 1. The topological polar surface area (TPSA) is 29.3 Å². The molecule has 1 fully saturated rings. The van der Waals surface area contributed by atoms with Crippen molar-refractivity contribution in [3.63, 3.8) is 0 Å². The molecule has 0 saturated carbocycles. The minimum absolute atomic E-state index is 0.488. The van der Waals surface area contributed by atoms with Crippen LogP contribution < -0.4 is 10.6 Å². The summed E-state index contributed by atoms with van der Waals surface area (Å²) >= 11 is 0. The van der Waals surface area contributed by atoms with Gasteiger partial charge >= 0.3 is 0 Å². The summed E-state index contributed by atoms with van der Waals surface area (Å²) in [6.45, 7) is 3.23. The lowest BCUT2D eigenvalue weighted by atomic mass is 10.0. The second-order valence-electron chi connectivity index (χ2n) is 5.25. The summed E-state index contributed by atoms with van der Waals surface area (Å²) in [5.74, 6) is 0. The molecule has 0 aromatic heterocycles. The molecular weight excluding hydrogens is 232 g/mol. The Bertz CT molecular complexity index is 563. The van der Waals surface area contributed by atoms with E-state index < -0.39 is 0 Å². The molecule has 2 aromatic rings. The number of benzene rings is 2. The number of hydrogen-bond donors (Lipinski definition) is 1. The summed E-state index contributed by atoms with van der Waals surface area (Å²) in [7, 11) is 0. The van der Waals surface area contributed by atoms with Gasteiger partial charge < -0.3 is 10.6 Å². The van der Waals surface area contributed by atoms with E-state index in [1.54, 1.807) is 0 Å². The molecule has 0 bridgehead atoms. The number of nitrogen functional groups attached to an aromatic ring is 1. The van der Waals surface area contributed by atoms with Crippen LogP contribution in [0.1, 0.15) is 30.0 Å². The highest BCUT2D eigenvalue weighted by Gasteiger charge is 2.27. The fourth-order valence-electron chi connectivity index (χ4n) is 3.03. The van der Waals surface area contributed by atoms with Crippen molar-refractivity contribution >= 4 is 11.4 Å². The van der Waals surface area contributed by atoms with E-state index in [-0.39, 0.29) is 0 Å². The van der Waals surface area contributed by atoms with E-state index in [2.05, 4.69) is 54.3 Å². The van der Waals surface area contributed by atoms with Crippen molar-refractivity contribution in [2.45, 2.75) is 25.8 Å². The number of hydrogen-bond acceptors (Lipinski definition) is 2. The maximum absolute atomic E-state index is 6.05. The summed E-state index contributed by atoms with van der Waals surface area (Å²) in [6, 6.07) is 17.5. The van der Waals surface area contributed by atoms with E-state index in [1.165, 1.54) is 29.7 Å².